The minimum Gasteiger partial charge on any atom is -0.497 e. The maximum absolute atomic E-state index is 13.6. The van der Waals surface area contributed by atoms with Crippen LogP contribution in [0.3, 0.4) is 0 Å². The summed E-state index contributed by atoms with van der Waals surface area (Å²) in [6.45, 7) is 0.984. The van der Waals surface area contributed by atoms with E-state index in [9.17, 15) is 18.4 Å². The predicted octanol–water partition coefficient (Wildman–Crippen LogP) is 5.14. The summed E-state index contributed by atoms with van der Waals surface area (Å²) in [5, 5.41) is 0.595. The fourth-order valence-electron chi connectivity index (χ4n) is 4.19. The van der Waals surface area contributed by atoms with Crippen molar-refractivity contribution >= 4 is 23.3 Å². The number of amides is 1. The summed E-state index contributed by atoms with van der Waals surface area (Å²) in [5.74, 6) is -4.13. The number of alkyl halides is 2. The van der Waals surface area contributed by atoms with Crippen LogP contribution in [-0.4, -0.2) is 42.7 Å². The summed E-state index contributed by atoms with van der Waals surface area (Å²) in [7, 11) is 1.59. The Bertz CT molecular complexity index is 910. The fourth-order valence-corrected chi connectivity index (χ4v) is 4.31. The first kappa shape index (κ1) is 23.2. The van der Waals surface area contributed by atoms with Gasteiger partial charge in [0.1, 0.15) is 11.5 Å². The summed E-state index contributed by atoms with van der Waals surface area (Å²) in [5.41, 5.74) is 1.86. The monoisotopic (exact) mass is 449 g/mol. The first-order valence-electron chi connectivity index (χ1n) is 10.2. The summed E-state index contributed by atoms with van der Waals surface area (Å²) in [6.07, 6.45) is 0.965. The van der Waals surface area contributed by atoms with Gasteiger partial charge in [0.15, 0.2) is 0 Å². The van der Waals surface area contributed by atoms with Crippen molar-refractivity contribution in [2.24, 2.45) is 5.92 Å². The Labute approximate surface area is 186 Å². The second-order valence-electron chi connectivity index (χ2n) is 8.11. The highest BCUT2D eigenvalue weighted by Crippen LogP contribution is 2.37. The van der Waals surface area contributed by atoms with Crippen LogP contribution in [0, 0.1) is 5.92 Å². The van der Waals surface area contributed by atoms with Crippen LogP contribution in [0.25, 0.3) is 0 Å². The molecule has 2 aromatic carbocycles. The number of methoxy groups -OCH3 is 1. The van der Waals surface area contributed by atoms with Crippen LogP contribution in [0.2, 0.25) is 5.02 Å². The maximum Gasteiger partial charge on any atom is 0.322 e. The van der Waals surface area contributed by atoms with Crippen LogP contribution in [0.15, 0.2) is 48.5 Å². The summed E-state index contributed by atoms with van der Waals surface area (Å²) in [6, 6.07) is 14.6. The van der Waals surface area contributed by atoms with Gasteiger partial charge in [0.2, 0.25) is 0 Å². The van der Waals surface area contributed by atoms with Gasteiger partial charge in [-0.05, 0) is 53.6 Å². The van der Waals surface area contributed by atoms with Gasteiger partial charge in [-0.3, -0.25) is 9.59 Å². The molecule has 0 spiro atoms. The number of piperidine rings is 1. The van der Waals surface area contributed by atoms with Gasteiger partial charge in [0, 0.05) is 37.9 Å². The van der Waals surface area contributed by atoms with E-state index >= 15 is 0 Å². The molecular formula is C24H26ClF2NO3. The van der Waals surface area contributed by atoms with E-state index in [0.717, 1.165) is 16.9 Å². The lowest BCUT2D eigenvalue weighted by atomic mass is 9.77. The largest absolute Gasteiger partial charge is 0.497 e. The molecule has 0 radical (unpaired) electrons. The molecule has 0 saturated carbocycles. The molecule has 0 aromatic heterocycles. The third-order valence-electron chi connectivity index (χ3n) is 5.75. The SMILES string of the molecule is COc1ccc(C2CCN(C(=O)C(C)(F)F)C[C@H]2CC(=O)Cc2ccc(Cl)cc2)cc1. The topological polar surface area (TPSA) is 46.6 Å². The predicted molar refractivity (Wildman–Crippen MR) is 116 cm³/mol. The number of carbonyl (C=O) groups excluding carboxylic acids is 2. The Morgan fingerprint density at radius 3 is 2.35 bits per heavy atom. The number of Topliss-reactive ketones (excluding diaryl/α,β-unsaturated/α-hetero) is 1. The average molecular weight is 450 g/mol. The molecule has 1 aliphatic heterocycles. The lowest BCUT2D eigenvalue weighted by molar-refractivity contribution is -0.157. The van der Waals surface area contributed by atoms with Crippen LogP contribution >= 0.6 is 11.6 Å². The first-order chi connectivity index (χ1) is 14.7. The van der Waals surface area contributed by atoms with Crippen molar-refractivity contribution in [3.63, 3.8) is 0 Å². The number of halogens is 3. The van der Waals surface area contributed by atoms with E-state index in [-0.39, 0.29) is 43.6 Å². The lowest BCUT2D eigenvalue weighted by Gasteiger charge is -2.39. The highest BCUT2D eigenvalue weighted by atomic mass is 35.5. The third kappa shape index (κ3) is 6.03. The number of nitrogens with zero attached hydrogens (tertiary/aromatic N) is 1. The molecule has 1 heterocycles. The summed E-state index contributed by atoms with van der Waals surface area (Å²) in [4.78, 5) is 26.2. The van der Waals surface area contributed by atoms with E-state index in [2.05, 4.69) is 0 Å². The Hall–Kier alpha value is -2.47. The molecule has 1 unspecified atom stereocenters. The lowest BCUT2D eigenvalue weighted by Crippen LogP contribution is -2.49. The Morgan fingerprint density at radius 1 is 1.13 bits per heavy atom. The van der Waals surface area contributed by atoms with Crippen molar-refractivity contribution in [3.8, 4) is 5.75 Å². The molecule has 0 aliphatic carbocycles. The number of benzene rings is 2. The zero-order chi connectivity index (χ0) is 22.6. The molecule has 0 N–H and O–H groups in total. The van der Waals surface area contributed by atoms with Crippen molar-refractivity contribution in [1.82, 2.24) is 4.90 Å². The smallest absolute Gasteiger partial charge is 0.322 e. The number of hydrogen-bond acceptors (Lipinski definition) is 3. The zero-order valence-electron chi connectivity index (χ0n) is 17.6. The number of ketones is 1. The normalized spacial score (nSPS) is 19.2. The minimum absolute atomic E-state index is 0.00314. The second-order valence-corrected chi connectivity index (χ2v) is 8.55. The Morgan fingerprint density at radius 2 is 1.77 bits per heavy atom. The van der Waals surface area contributed by atoms with Crippen LogP contribution in [0.1, 0.15) is 36.8 Å². The first-order valence-corrected chi connectivity index (χ1v) is 10.6. The zero-order valence-corrected chi connectivity index (χ0v) is 18.4. The number of ether oxygens (including phenoxy) is 1. The maximum atomic E-state index is 13.6. The van der Waals surface area contributed by atoms with E-state index in [4.69, 9.17) is 16.3 Å². The molecule has 2 atom stereocenters. The number of hydrogen-bond donors (Lipinski definition) is 0. The van der Waals surface area contributed by atoms with E-state index < -0.39 is 11.8 Å². The third-order valence-corrected chi connectivity index (χ3v) is 6.00. The van der Waals surface area contributed by atoms with Crippen LogP contribution < -0.4 is 4.74 Å². The fraction of sp³-hybridized carbons (Fsp3) is 0.417. The average Bonchev–Trinajstić information content (AvgIpc) is 2.74. The molecule has 31 heavy (non-hydrogen) atoms. The molecule has 2 aromatic rings. The van der Waals surface area contributed by atoms with E-state index in [0.29, 0.717) is 18.4 Å². The van der Waals surface area contributed by atoms with Gasteiger partial charge in [-0.2, -0.15) is 8.78 Å². The van der Waals surface area contributed by atoms with Gasteiger partial charge in [0.05, 0.1) is 7.11 Å². The van der Waals surface area contributed by atoms with E-state index in [1.54, 1.807) is 31.4 Å². The number of likely N-dealkylation sites (tertiary alicyclic amines) is 1. The van der Waals surface area contributed by atoms with Gasteiger partial charge in [-0.15, -0.1) is 0 Å². The van der Waals surface area contributed by atoms with Crippen molar-refractivity contribution in [2.75, 3.05) is 20.2 Å². The highest BCUT2D eigenvalue weighted by Gasteiger charge is 2.41. The number of rotatable bonds is 7. The van der Waals surface area contributed by atoms with Crippen molar-refractivity contribution in [2.45, 2.75) is 38.0 Å². The van der Waals surface area contributed by atoms with Crippen molar-refractivity contribution < 1.29 is 23.1 Å². The van der Waals surface area contributed by atoms with Crippen LogP contribution in [0.4, 0.5) is 8.78 Å². The highest BCUT2D eigenvalue weighted by molar-refractivity contribution is 6.30. The van der Waals surface area contributed by atoms with Gasteiger partial charge in [-0.1, -0.05) is 35.9 Å². The molecular weight excluding hydrogens is 424 g/mol. The van der Waals surface area contributed by atoms with Gasteiger partial charge in [0.25, 0.3) is 5.91 Å². The van der Waals surface area contributed by atoms with Gasteiger partial charge < -0.3 is 9.64 Å². The Kier molecular flexibility index (Phi) is 7.31. The molecule has 166 valence electrons. The minimum atomic E-state index is -3.43. The molecule has 3 rings (SSSR count). The summed E-state index contributed by atoms with van der Waals surface area (Å²) >= 11 is 5.90. The van der Waals surface area contributed by atoms with E-state index in [1.165, 1.54) is 4.90 Å². The Balaban J connectivity index is 1.78. The number of carbonyl (C=O) groups is 2. The van der Waals surface area contributed by atoms with Crippen molar-refractivity contribution in [1.29, 1.82) is 0 Å². The molecule has 1 amide bonds. The van der Waals surface area contributed by atoms with E-state index in [1.807, 2.05) is 24.3 Å². The standard InChI is InChI=1S/C24H26ClF2NO3/c1-24(26,27)23(30)28-12-11-22(17-5-9-21(31-2)10-6-17)18(15-28)14-20(29)13-16-3-7-19(25)8-4-16/h3-10,18,22H,11-15H2,1-2H3/t18-,22?/m1/s1. The molecule has 1 saturated heterocycles. The molecule has 0 bridgehead atoms. The van der Waals surface area contributed by atoms with Crippen LogP contribution in [-0.2, 0) is 16.0 Å². The molecule has 4 nitrogen and oxygen atoms in total. The van der Waals surface area contributed by atoms with Crippen LogP contribution in [0.5, 0.6) is 5.75 Å². The molecule has 7 heteroatoms. The summed E-state index contributed by atoms with van der Waals surface area (Å²) < 4.78 is 32.5. The van der Waals surface area contributed by atoms with Gasteiger partial charge in [-0.25, -0.2) is 0 Å². The quantitative estimate of drug-likeness (QED) is 0.588. The van der Waals surface area contributed by atoms with Gasteiger partial charge >= 0.3 is 5.92 Å². The molecule has 1 fully saturated rings. The second kappa shape index (κ2) is 9.77. The molecule has 1 aliphatic rings. The van der Waals surface area contributed by atoms with Crippen molar-refractivity contribution in [3.05, 3.63) is 64.7 Å².